The van der Waals surface area contributed by atoms with Crippen LogP contribution in [0.3, 0.4) is 0 Å². The Morgan fingerprint density at radius 1 is 1.32 bits per heavy atom. The molecule has 5 atom stereocenters. The Morgan fingerprint density at radius 2 is 2.18 bits per heavy atom. The van der Waals surface area contributed by atoms with Gasteiger partial charge in [0.25, 0.3) is 0 Å². The molecular formula is C19H20N2O. The van der Waals surface area contributed by atoms with Crippen molar-refractivity contribution >= 4 is 17.2 Å². The summed E-state index contributed by atoms with van der Waals surface area (Å²) in [6.45, 7) is 3.15. The van der Waals surface area contributed by atoms with Gasteiger partial charge in [-0.2, -0.15) is 0 Å². The second-order valence-electron chi connectivity index (χ2n) is 6.94. The molecule has 1 aromatic heterocycles. The van der Waals surface area contributed by atoms with Gasteiger partial charge in [-0.25, -0.2) is 0 Å². The Morgan fingerprint density at radius 3 is 3.00 bits per heavy atom. The number of nitrogens with one attached hydrogen (secondary N) is 1. The maximum absolute atomic E-state index is 11.8. The number of hydrogen-bond donors (Lipinski definition) is 1. The fourth-order valence-corrected chi connectivity index (χ4v) is 5.17. The Balaban J connectivity index is 1.70. The van der Waals surface area contributed by atoms with Crippen LogP contribution in [0.4, 0.5) is 0 Å². The topological polar surface area (TPSA) is 36.1 Å². The molecule has 1 unspecified atom stereocenters. The van der Waals surface area contributed by atoms with E-state index in [1.54, 1.807) is 0 Å². The number of H-pyrrole nitrogens is 1. The molecular weight excluding hydrogens is 272 g/mol. The number of piperidine rings is 3. The molecule has 5 heterocycles. The molecule has 0 amide bonds. The van der Waals surface area contributed by atoms with Crippen molar-refractivity contribution in [2.24, 2.45) is 11.8 Å². The summed E-state index contributed by atoms with van der Waals surface area (Å²) >= 11 is 0. The lowest BCUT2D eigenvalue weighted by atomic mass is 9.64. The highest BCUT2D eigenvalue weighted by Gasteiger charge is 2.52. The highest BCUT2D eigenvalue weighted by Crippen LogP contribution is 2.53. The Kier molecular flexibility index (Phi) is 2.49. The Bertz CT molecular complexity index is 803. The minimum atomic E-state index is 0.165. The molecule has 3 saturated heterocycles. The van der Waals surface area contributed by atoms with Gasteiger partial charge in [0, 0.05) is 35.1 Å². The smallest absolute Gasteiger partial charge is 0.125 e. The first kappa shape index (κ1) is 12.7. The largest absolute Gasteiger partial charge is 0.357 e. The normalized spacial score (nSPS) is 37.5. The Hall–Kier alpha value is -1.87. The molecule has 3 heteroatoms. The number of hydrogen-bond acceptors (Lipinski definition) is 2. The fraction of sp³-hybridized carbons (Fsp3) is 0.421. The first-order chi connectivity index (χ1) is 10.8. The van der Waals surface area contributed by atoms with Crippen molar-refractivity contribution in [1.82, 2.24) is 9.88 Å². The molecule has 4 bridgehead atoms. The number of rotatable bonds is 1. The van der Waals surface area contributed by atoms with Crippen LogP contribution < -0.4 is 0 Å². The van der Waals surface area contributed by atoms with Crippen LogP contribution in [-0.4, -0.2) is 28.8 Å². The summed E-state index contributed by atoms with van der Waals surface area (Å²) < 4.78 is 0. The van der Waals surface area contributed by atoms with Gasteiger partial charge in [-0.3, -0.25) is 4.90 Å². The summed E-state index contributed by atoms with van der Waals surface area (Å²) in [5.41, 5.74) is 5.56. The average Bonchev–Trinajstić information content (AvgIpc) is 2.93. The van der Waals surface area contributed by atoms with E-state index in [-0.39, 0.29) is 5.92 Å². The van der Waals surface area contributed by atoms with E-state index in [9.17, 15) is 4.79 Å². The van der Waals surface area contributed by atoms with E-state index in [1.165, 1.54) is 34.0 Å². The Labute approximate surface area is 130 Å². The van der Waals surface area contributed by atoms with Gasteiger partial charge in [-0.15, -0.1) is 0 Å². The molecule has 2 aromatic rings. The van der Waals surface area contributed by atoms with E-state index in [4.69, 9.17) is 0 Å². The van der Waals surface area contributed by atoms with Crippen LogP contribution in [0.1, 0.15) is 30.6 Å². The minimum Gasteiger partial charge on any atom is -0.357 e. The number of allylic oxidation sites excluding steroid dienone is 1. The third-order valence-corrected chi connectivity index (χ3v) is 6.17. The van der Waals surface area contributed by atoms with Gasteiger partial charge in [0.15, 0.2) is 0 Å². The zero-order chi connectivity index (χ0) is 14.8. The zero-order valence-electron chi connectivity index (χ0n) is 12.8. The summed E-state index contributed by atoms with van der Waals surface area (Å²) in [5.74, 6) is 0.611. The number of carbonyl (C=O) groups excluding carboxylic acids is 1. The summed E-state index contributed by atoms with van der Waals surface area (Å²) in [6.07, 6.45) is 5.54. The molecule has 4 aliphatic rings. The van der Waals surface area contributed by atoms with Crippen molar-refractivity contribution in [3.05, 3.63) is 47.2 Å². The number of fused-ring (bicyclic) bond motifs is 4. The van der Waals surface area contributed by atoms with Gasteiger partial charge in [0.05, 0.1) is 6.04 Å². The molecule has 112 valence electrons. The summed E-state index contributed by atoms with van der Waals surface area (Å²) in [7, 11) is 0. The van der Waals surface area contributed by atoms with Crippen LogP contribution in [0.15, 0.2) is 35.9 Å². The highest BCUT2D eigenvalue weighted by atomic mass is 16.1. The predicted octanol–water partition coefficient (Wildman–Crippen LogP) is 3.23. The van der Waals surface area contributed by atoms with E-state index >= 15 is 0 Å². The summed E-state index contributed by atoms with van der Waals surface area (Å²) in [4.78, 5) is 18.0. The van der Waals surface area contributed by atoms with Crippen molar-refractivity contribution in [1.29, 1.82) is 0 Å². The SMILES string of the molecule is CC=C1CN2[C@H]3C[C@@H]1[C@@H](C=O)[C@@H]2Cc1c3[nH]c2ccccc12. The molecule has 22 heavy (non-hydrogen) atoms. The van der Waals surface area contributed by atoms with Crippen LogP contribution in [0.25, 0.3) is 10.9 Å². The van der Waals surface area contributed by atoms with Crippen LogP contribution in [-0.2, 0) is 11.2 Å². The molecule has 3 nitrogen and oxygen atoms in total. The molecule has 0 spiro atoms. The van der Waals surface area contributed by atoms with E-state index in [1.807, 2.05) is 0 Å². The lowest BCUT2D eigenvalue weighted by Gasteiger charge is -2.57. The number of aromatic amines is 1. The van der Waals surface area contributed by atoms with Crippen molar-refractivity contribution in [3.63, 3.8) is 0 Å². The number of aldehydes is 1. The fourth-order valence-electron chi connectivity index (χ4n) is 5.17. The van der Waals surface area contributed by atoms with Crippen molar-refractivity contribution < 1.29 is 4.79 Å². The number of aromatic nitrogens is 1. The summed E-state index contributed by atoms with van der Waals surface area (Å²) in [6, 6.07) is 9.44. The van der Waals surface area contributed by atoms with Gasteiger partial charge in [-0.05, 0) is 37.3 Å². The predicted molar refractivity (Wildman–Crippen MR) is 86.7 cm³/mol. The highest BCUT2D eigenvalue weighted by molar-refractivity contribution is 5.85. The maximum Gasteiger partial charge on any atom is 0.125 e. The zero-order valence-corrected chi connectivity index (χ0v) is 12.8. The van der Waals surface area contributed by atoms with Gasteiger partial charge in [0.2, 0.25) is 0 Å². The lowest BCUT2D eigenvalue weighted by molar-refractivity contribution is -0.121. The third kappa shape index (κ3) is 1.42. The first-order valence-corrected chi connectivity index (χ1v) is 8.27. The molecule has 1 aromatic carbocycles. The molecule has 0 saturated carbocycles. The molecule has 0 radical (unpaired) electrons. The summed E-state index contributed by atoms with van der Waals surface area (Å²) in [5, 5.41) is 1.35. The molecule has 6 rings (SSSR count). The van der Waals surface area contributed by atoms with Gasteiger partial charge in [-0.1, -0.05) is 29.8 Å². The van der Waals surface area contributed by atoms with Crippen molar-refractivity contribution in [2.75, 3.05) is 6.54 Å². The van der Waals surface area contributed by atoms with E-state index in [0.717, 1.165) is 19.4 Å². The molecule has 4 aliphatic heterocycles. The van der Waals surface area contributed by atoms with Crippen molar-refractivity contribution in [2.45, 2.75) is 31.8 Å². The van der Waals surface area contributed by atoms with Crippen molar-refractivity contribution in [3.8, 4) is 0 Å². The van der Waals surface area contributed by atoms with E-state index < -0.39 is 0 Å². The maximum atomic E-state index is 11.8. The van der Waals surface area contributed by atoms with E-state index in [2.05, 4.69) is 47.1 Å². The van der Waals surface area contributed by atoms with Crippen LogP contribution >= 0.6 is 0 Å². The third-order valence-electron chi connectivity index (χ3n) is 6.17. The van der Waals surface area contributed by atoms with Crippen LogP contribution in [0.5, 0.6) is 0 Å². The molecule has 1 N–H and O–H groups in total. The first-order valence-electron chi connectivity index (χ1n) is 8.27. The number of carbonyl (C=O) groups is 1. The molecule has 0 aliphatic carbocycles. The van der Waals surface area contributed by atoms with Gasteiger partial charge in [0.1, 0.15) is 6.29 Å². The molecule has 3 fully saturated rings. The minimum absolute atomic E-state index is 0.165. The monoisotopic (exact) mass is 292 g/mol. The van der Waals surface area contributed by atoms with Gasteiger partial charge >= 0.3 is 0 Å². The quantitative estimate of drug-likeness (QED) is 0.647. The number of nitrogens with zero attached hydrogens (tertiary/aromatic N) is 1. The number of benzene rings is 1. The average molecular weight is 292 g/mol. The number of para-hydroxylation sites is 1. The lowest BCUT2D eigenvalue weighted by Crippen LogP contribution is -2.60. The van der Waals surface area contributed by atoms with Crippen LogP contribution in [0.2, 0.25) is 0 Å². The second kappa shape index (κ2) is 4.32. The second-order valence-corrected chi connectivity index (χ2v) is 6.94. The van der Waals surface area contributed by atoms with E-state index in [0.29, 0.717) is 18.0 Å². The van der Waals surface area contributed by atoms with Gasteiger partial charge < -0.3 is 9.78 Å². The van der Waals surface area contributed by atoms with Crippen LogP contribution in [0, 0.1) is 11.8 Å². The standard InChI is InChI=1S/C19H20N2O/c1-2-11-9-21-17-8-14-12-5-3-4-6-16(12)20-19(14)18(21)7-13(11)15(17)10-22/h2-6,10,13,15,17-18,20H,7-9H2,1H3/t13-,15+,17-,18-/m0/s1.